The van der Waals surface area contributed by atoms with Gasteiger partial charge < -0.3 is 10.2 Å². The van der Waals surface area contributed by atoms with Crippen molar-refractivity contribution >= 4 is 0 Å². The molecule has 0 aromatic rings. The molecule has 0 bridgehead atoms. The van der Waals surface area contributed by atoms with E-state index in [1.807, 2.05) is 18.2 Å². The van der Waals surface area contributed by atoms with Crippen molar-refractivity contribution in [2.45, 2.75) is 43.4 Å². The quantitative estimate of drug-likeness (QED) is 0.608. The van der Waals surface area contributed by atoms with Gasteiger partial charge in [0.1, 0.15) is 0 Å². The molecular formula is C20H31NO2. The summed E-state index contributed by atoms with van der Waals surface area (Å²) in [6.07, 6.45) is 9.66. The van der Waals surface area contributed by atoms with Crippen LogP contribution in [0.25, 0.3) is 0 Å². The molecule has 1 fully saturated rings. The van der Waals surface area contributed by atoms with E-state index >= 15 is 0 Å². The molecule has 128 valence electrons. The summed E-state index contributed by atoms with van der Waals surface area (Å²) in [5, 5.41) is 21.8. The molecule has 1 aliphatic rings. The van der Waals surface area contributed by atoms with E-state index in [2.05, 4.69) is 37.8 Å². The normalized spacial score (nSPS) is 28.5. The van der Waals surface area contributed by atoms with E-state index in [1.54, 1.807) is 6.08 Å². The topological polar surface area (TPSA) is 43.7 Å². The van der Waals surface area contributed by atoms with Crippen molar-refractivity contribution in [2.24, 2.45) is 5.41 Å². The molecule has 2 N–H and O–H groups in total. The Morgan fingerprint density at radius 3 is 2.00 bits per heavy atom. The molecule has 0 aliphatic carbocycles. The molecule has 0 spiro atoms. The number of likely N-dealkylation sites (tertiary alicyclic amines) is 1. The number of aliphatic hydroxyl groups excluding tert-OH is 2. The van der Waals surface area contributed by atoms with Crippen LogP contribution in [-0.4, -0.2) is 45.9 Å². The molecule has 3 nitrogen and oxygen atoms in total. The Balaban J connectivity index is 3.65. The SMILES string of the molecule is C=CCN1CCC(O)C(CC=C)(C(O)C=C)C1(CC=C)CC=C. The Kier molecular flexibility index (Phi) is 7.20. The van der Waals surface area contributed by atoms with Crippen molar-refractivity contribution in [1.82, 2.24) is 4.90 Å². The number of hydrogen-bond donors (Lipinski definition) is 2. The van der Waals surface area contributed by atoms with Crippen molar-refractivity contribution in [1.29, 1.82) is 0 Å². The van der Waals surface area contributed by atoms with E-state index in [0.29, 0.717) is 32.2 Å². The largest absolute Gasteiger partial charge is 0.392 e. The third kappa shape index (κ3) is 3.14. The summed E-state index contributed by atoms with van der Waals surface area (Å²) in [6, 6.07) is 0. The first-order valence-corrected chi connectivity index (χ1v) is 8.18. The highest BCUT2D eigenvalue weighted by Crippen LogP contribution is 2.53. The van der Waals surface area contributed by atoms with Crippen LogP contribution in [0.1, 0.15) is 25.7 Å². The van der Waals surface area contributed by atoms with E-state index in [1.165, 1.54) is 6.08 Å². The molecule has 0 radical (unpaired) electrons. The highest BCUT2D eigenvalue weighted by molar-refractivity contribution is 5.22. The summed E-state index contributed by atoms with van der Waals surface area (Å²) in [6.45, 7) is 20.7. The van der Waals surface area contributed by atoms with E-state index in [9.17, 15) is 10.2 Å². The number of rotatable bonds is 10. The van der Waals surface area contributed by atoms with Gasteiger partial charge in [0.2, 0.25) is 0 Å². The fraction of sp³-hybridized carbons (Fsp3) is 0.500. The van der Waals surface area contributed by atoms with Crippen LogP contribution >= 0.6 is 0 Å². The van der Waals surface area contributed by atoms with Gasteiger partial charge in [0.05, 0.1) is 12.2 Å². The van der Waals surface area contributed by atoms with Crippen LogP contribution in [0.5, 0.6) is 0 Å². The zero-order valence-corrected chi connectivity index (χ0v) is 14.2. The second-order valence-electron chi connectivity index (χ2n) is 6.27. The van der Waals surface area contributed by atoms with Crippen molar-refractivity contribution in [3.05, 3.63) is 63.3 Å². The molecule has 23 heavy (non-hydrogen) atoms. The van der Waals surface area contributed by atoms with Gasteiger partial charge in [0.25, 0.3) is 0 Å². The summed E-state index contributed by atoms with van der Waals surface area (Å²) in [5.74, 6) is 0. The van der Waals surface area contributed by atoms with Crippen molar-refractivity contribution < 1.29 is 10.2 Å². The Hall–Kier alpha value is -1.42. The second kappa shape index (κ2) is 8.44. The Morgan fingerprint density at radius 1 is 1.00 bits per heavy atom. The molecule has 3 heteroatoms. The molecule has 1 saturated heterocycles. The molecule has 1 heterocycles. The maximum Gasteiger partial charge on any atom is 0.0820 e. The Bertz CT molecular complexity index is 447. The molecule has 0 aromatic heterocycles. The van der Waals surface area contributed by atoms with Crippen LogP contribution in [0.2, 0.25) is 0 Å². The van der Waals surface area contributed by atoms with Crippen LogP contribution in [-0.2, 0) is 0 Å². The number of hydrogen-bond acceptors (Lipinski definition) is 3. The zero-order valence-electron chi connectivity index (χ0n) is 14.2. The van der Waals surface area contributed by atoms with E-state index in [4.69, 9.17) is 0 Å². The smallest absolute Gasteiger partial charge is 0.0820 e. The molecule has 3 unspecified atom stereocenters. The van der Waals surface area contributed by atoms with Gasteiger partial charge in [0.15, 0.2) is 0 Å². The highest BCUT2D eigenvalue weighted by atomic mass is 16.3. The minimum atomic E-state index is -0.858. The van der Waals surface area contributed by atoms with Crippen molar-refractivity contribution in [3.8, 4) is 0 Å². The van der Waals surface area contributed by atoms with E-state index < -0.39 is 23.2 Å². The lowest BCUT2D eigenvalue weighted by molar-refractivity contribution is -0.181. The van der Waals surface area contributed by atoms with E-state index in [0.717, 1.165) is 6.54 Å². The summed E-state index contributed by atoms with van der Waals surface area (Å²) in [5.41, 5.74) is -1.32. The third-order valence-corrected chi connectivity index (χ3v) is 5.29. The molecule has 0 amide bonds. The predicted octanol–water partition coefficient (Wildman–Crippen LogP) is 3.24. The first-order chi connectivity index (χ1) is 11.0. The lowest BCUT2D eigenvalue weighted by Gasteiger charge is -2.62. The maximum absolute atomic E-state index is 11.0. The van der Waals surface area contributed by atoms with Crippen LogP contribution in [0.4, 0.5) is 0 Å². The molecule has 1 aliphatic heterocycles. The average molecular weight is 317 g/mol. The van der Waals surface area contributed by atoms with E-state index in [-0.39, 0.29) is 0 Å². The number of allylic oxidation sites excluding steroid dienone is 1. The lowest BCUT2D eigenvalue weighted by Crippen LogP contribution is -2.71. The van der Waals surface area contributed by atoms with Crippen LogP contribution in [0.15, 0.2) is 63.3 Å². The van der Waals surface area contributed by atoms with Gasteiger partial charge in [-0.25, -0.2) is 0 Å². The predicted molar refractivity (Wildman–Crippen MR) is 98.2 cm³/mol. The minimum Gasteiger partial charge on any atom is -0.392 e. The first kappa shape index (κ1) is 19.6. The van der Waals surface area contributed by atoms with Gasteiger partial charge in [0, 0.05) is 24.0 Å². The fourth-order valence-corrected chi connectivity index (χ4v) is 4.34. The van der Waals surface area contributed by atoms with Crippen molar-refractivity contribution in [2.75, 3.05) is 13.1 Å². The summed E-state index contributed by atoms with van der Waals surface area (Å²) in [7, 11) is 0. The van der Waals surface area contributed by atoms with Gasteiger partial charge in [-0.1, -0.05) is 30.4 Å². The average Bonchev–Trinajstić information content (AvgIpc) is 2.54. The third-order valence-electron chi connectivity index (χ3n) is 5.29. The molecule has 3 atom stereocenters. The Labute approximate surface area is 141 Å². The minimum absolute atomic E-state index is 0.483. The molecule has 0 saturated carbocycles. The van der Waals surface area contributed by atoms with Crippen LogP contribution in [0.3, 0.4) is 0 Å². The fourth-order valence-electron chi connectivity index (χ4n) is 4.34. The number of aliphatic hydroxyl groups is 2. The molecule has 0 aromatic carbocycles. The summed E-state index contributed by atoms with van der Waals surface area (Å²) < 4.78 is 0. The summed E-state index contributed by atoms with van der Waals surface area (Å²) >= 11 is 0. The maximum atomic E-state index is 11.0. The highest BCUT2D eigenvalue weighted by Gasteiger charge is 2.61. The van der Waals surface area contributed by atoms with Crippen molar-refractivity contribution in [3.63, 3.8) is 0 Å². The molecule has 1 rings (SSSR count). The van der Waals surface area contributed by atoms with Gasteiger partial charge >= 0.3 is 0 Å². The zero-order chi connectivity index (χ0) is 17.5. The Morgan fingerprint density at radius 2 is 1.57 bits per heavy atom. The van der Waals surface area contributed by atoms with Crippen LogP contribution in [0, 0.1) is 5.41 Å². The monoisotopic (exact) mass is 317 g/mol. The number of nitrogens with zero attached hydrogens (tertiary/aromatic N) is 1. The standard InChI is InChI=1S/C20H31NO2/c1-6-12-19(13-7-2)20(14-8-3,17(22)10-5)18(23)11-16-21(19)15-9-4/h6-10,17-18,22-23H,1-5,11-16H2. The van der Waals surface area contributed by atoms with Gasteiger partial charge in [-0.2, -0.15) is 0 Å². The first-order valence-electron chi connectivity index (χ1n) is 8.18. The van der Waals surface area contributed by atoms with Gasteiger partial charge in [-0.15, -0.1) is 32.9 Å². The second-order valence-corrected chi connectivity index (χ2v) is 6.27. The lowest BCUT2D eigenvalue weighted by atomic mass is 9.54. The van der Waals surface area contributed by atoms with Gasteiger partial charge in [-0.3, -0.25) is 4.90 Å². The number of piperidine rings is 1. The van der Waals surface area contributed by atoms with Gasteiger partial charge in [-0.05, 0) is 25.7 Å². The van der Waals surface area contributed by atoms with Crippen LogP contribution < -0.4 is 0 Å². The molecular weight excluding hydrogens is 286 g/mol. The summed E-state index contributed by atoms with van der Waals surface area (Å²) in [4.78, 5) is 2.28.